The zero-order chi connectivity index (χ0) is 13.1. The first-order valence-electron chi connectivity index (χ1n) is 5.52. The standard InChI is InChI=1S/C13H17N3O/c1-4-13(3,15)12(17)16-11-7-5-6-9(2)10(11)8-14/h5-7H,4,15H2,1-3H3,(H,16,17). The number of carbonyl (C=O) groups is 1. The highest BCUT2D eigenvalue weighted by molar-refractivity contribution is 5.98. The van der Waals surface area contributed by atoms with Gasteiger partial charge in [-0.05, 0) is 31.9 Å². The third kappa shape index (κ3) is 2.83. The van der Waals surface area contributed by atoms with Gasteiger partial charge >= 0.3 is 0 Å². The summed E-state index contributed by atoms with van der Waals surface area (Å²) in [5, 5.41) is 11.7. The maximum absolute atomic E-state index is 11.9. The second-order valence-corrected chi connectivity index (χ2v) is 4.33. The molecule has 4 heteroatoms. The second kappa shape index (κ2) is 4.98. The number of rotatable bonds is 3. The van der Waals surface area contributed by atoms with Gasteiger partial charge in [-0.15, -0.1) is 0 Å². The molecule has 0 radical (unpaired) electrons. The molecule has 0 aliphatic heterocycles. The number of nitriles is 1. The van der Waals surface area contributed by atoms with Gasteiger partial charge in [0.15, 0.2) is 0 Å². The van der Waals surface area contributed by atoms with Crippen molar-refractivity contribution in [3.05, 3.63) is 29.3 Å². The molecule has 0 saturated heterocycles. The van der Waals surface area contributed by atoms with E-state index in [2.05, 4.69) is 11.4 Å². The highest BCUT2D eigenvalue weighted by Gasteiger charge is 2.26. The van der Waals surface area contributed by atoms with Crippen LogP contribution in [0.4, 0.5) is 5.69 Å². The van der Waals surface area contributed by atoms with E-state index in [0.717, 1.165) is 5.56 Å². The smallest absolute Gasteiger partial charge is 0.244 e. The van der Waals surface area contributed by atoms with E-state index in [1.165, 1.54) is 0 Å². The predicted octanol–water partition coefficient (Wildman–Crippen LogP) is 1.93. The number of anilines is 1. The Morgan fingerprint density at radius 2 is 2.24 bits per heavy atom. The maximum Gasteiger partial charge on any atom is 0.244 e. The van der Waals surface area contributed by atoms with Crippen molar-refractivity contribution in [1.82, 2.24) is 0 Å². The monoisotopic (exact) mass is 231 g/mol. The molecular weight excluding hydrogens is 214 g/mol. The topological polar surface area (TPSA) is 78.9 Å². The molecule has 1 amide bonds. The summed E-state index contributed by atoms with van der Waals surface area (Å²) in [4.78, 5) is 11.9. The lowest BCUT2D eigenvalue weighted by Gasteiger charge is -2.22. The van der Waals surface area contributed by atoms with E-state index in [4.69, 9.17) is 11.0 Å². The molecule has 1 aromatic rings. The number of nitrogens with two attached hydrogens (primary N) is 1. The lowest BCUT2D eigenvalue weighted by atomic mass is 9.99. The van der Waals surface area contributed by atoms with Crippen molar-refractivity contribution in [1.29, 1.82) is 5.26 Å². The number of benzene rings is 1. The van der Waals surface area contributed by atoms with E-state index in [1.807, 2.05) is 19.9 Å². The molecule has 0 aliphatic carbocycles. The van der Waals surface area contributed by atoms with Gasteiger partial charge in [-0.2, -0.15) is 5.26 Å². The van der Waals surface area contributed by atoms with Crippen LogP contribution < -0.4 is 11.1 Å². The summed E-state index contributed by atoms with van der Waals surface area (Å²) in [6.07, 6.45) is 0.534. The molecule has 4 nitrogen and oxygen atoms in total. The van der Waals surface area contributed by atoms with Gasteiger partial charge in [0.25, 0.3) is 0 Å². The summed E-state index contributed by atoms with van der Waals surface area (Å²) in [6, 6.07) is 7.41. The van der Waals surface area contributed by atoms with E-state index >= 15 is 0 Å². The Morgan fingerprint density at radius 1 is 1.59 bits per heavy atom. The Morgan fingerprint density at radius 3 is 2.76 bits per heavy atom. The molecule has 1 atom stereocenters. The van der Waals surface area contributed by atoms with Gasteiger partial charge in [0.05, 0.1) is 16.8 Å². The summed E-state index contributed by atoms with van der Waals surface area (Å²) >= 11 is 0. The van der Waals surface area contributed by atoms with Crippen molar-refractivity contribution >= 4 is 11.6 Å². The van der Waals surface area contributed by atoms with E-state index < -0.39 is 5.54 Å². The number of nitrogens with one attached hydrogen (secondary N) is 1. The van der Waals surface area contributed by atoms with Crippen LogP contribution in [0.2, 0.25) is 0 Å². The first-order chi connectivity index (χ1) is 7.92. The van der Waals surface area contributed by atoms with Crippen LogP contribution in [0.15, 0.2) is 18.2 Å². The van der Waals surface area contributed by atoms with Gasteiger partial charge < -0.3 is 11.1 Å². The zero-order valence-electron chi connectivity index (χ0n) is 10.4. The van der Waals surface area contributed by atoms with Gasteiger partial charge in [0, 0.05) is 0 Å². The van der Waals surface area contributed by atoms with Crippen molar-refractivity contribution in [3.63, 3.8) is 0 Å². The van der Waals surface area contributed by atoms with E-state index in [9.17, 15) is 4.79 Å². The van der Waals surface area contributed by atoms with Crippen LogP contribution in [0, 0.1) is 18.3 Å². The number of hydrogen-bond donors (Lipinski definition) is 2. The Kier molecular flexibility index (Phi) is 3.87. The van der Waals surface area contributed by atoms with Crippen molar-refractivity contribution in [2.24, 2.45) is 5.73 Å². The molecule has 3 N–H and O–H groups in total. The lowest BCUT2D eigenvalue weighted by molar-refractivity contribution is -0.120. The Balaban J connectivity index is 3.02. The largest absolute Gasteiger partial charge is 0.323 e. The zero-order valence-corrected chi connectivity index (χ0v) is 10.4. The lowest BCUT2D eigenvalue weighted by Crippen LogP contribution is -2.47. The van der Waals surface area contributed by atoms with Gasteiger partial charge in [-0.1, -0.05) is 19.1 Å². The summed E-state index contributed by atoms with van der Waals surface area (Å²) in [5.41, 5.74) is 6.75. The number of aryl methyl sites for hydroxylation is 1. The first-order valence-corrected chi connectivity index (χ1v) is 5.52. The van der Waals surface area contributed by atoms with Crippen LogP contribution >= 0.6 is 0 Å². The molecule has 0 bridgehead atoms. The first kappa shape index (κ1) is 13.2. The van der Waals surface area contributed by atoms with Gasteiger partial charge in [0.2, 0.25) is 5.91 Å². The van der Waals surface area contributed by atoms with E-state index in [0.29, 0.717) is 17.7 Å². The second-order valence-electron chi connectivity index (χ2n) is 4.33. The maximum atomic E-state index is 11.9. The Hall–Kier alpha value is -1.86. The molecule has 1 aromatic carbocycles. The Labute approximate surface area is 101 Å². The van der Waals surface area contributed by atoms with Crippen LogP contribution in [-0.2, 0) is 4.79 Å². The molecule has 0 fully saturated rings. The summed E-state index contributed by atoms with van der Waals surface area (Å²) in [6.45, 7) is 5.35. The fourth-order valence-corrected chi connectivity index (χ4v) is 1.35. The molecule has 1 rings (SSSR count). The van der Waals surface area contributed by atoms with Gasteiger partial charge in [-0.3, -0.25) is 4.79 Å². The highest BCUT2D eigenvalue weighted by atomic mass is 16.2. The van der Waals surface area contributed by atoms with Crippen molar-refractivity contribution in [2.45, 2.75) is 32.7 Å². The number of carbonyl (C=O) groups excluding carboxylic acids is 1. The number of nitrogens with zero attached hydrogens (tertiary/aromatic N) is 1. The average molecular weight is 231 g/mol. The van der Waals surface area contributed by atoms with Crippen LogP contribution in [-0.4, -0.2) is 11.4 Å². The molecule has 0 aromatic heterocycles. The SMILES string of the molecule is CCC(C)(N)C(=O)Nc1cccc(C)c1C#N. The minimum atomic E-state index is -0.920. The molecular formula is C13H17N3O. The van der Waals surface area contributed by atoms with Crippen LogP contribution in [0.25, 0.3) is 0 Å². The number of amides is 1. The van der Waals surface area contributed by atoms with Crippen LogP contribution in [0.3, 0.4) is 0 Å². The molecule has 0 aliphatic rings. The van der Waals surface area contributed by atoms with Crippen LogP contribution in [0.1, 0.15) is 31.4 Å². The normalized spacial score (nSPS) is 13.6. The summed E-state index contributed by atoms with van der Waals surface area (Å²) in [7, 11) is 0. The quantitative estimate of drug-likeness (QED) is 0.834. The minimum Gasteiger partial charge on any atom is -0.323 e. The third-order valence-corrected chi connectivity index (χ3v) is 2.89. The predicted molar refractivity (Wildman–Crippen MR) is 67.4 cm³/mol. The summed E-state index contributed by atoms with van der Waals surface area (Å²) in [5.74, 6) is -0.276. The van der Waals surface area contributed by atoms with Gasteiger partial charge in [-0.25, -0.2) is 0 Å². The minimum absolute atomic E-state index is 0.276. The van der Waals surface area contributed by atoms with Crippen molar-refractivity contribution < 1.29 is 4.79 Å². The van der Waals surface area contributed by atoms with Crippen LogP contribution in [0.5, 0.6) is 0 Å². The molecule has 0 spiro atoms. The van der Waals surface area contributed by atoms with E-state index in [-0.39, 0.29) is 5.91 Å². The highest BCUT2D eigenvalue weighted by Crippen LogP contribution is 2.19. The third-order valence-electron chi connectivity index (χ3n) is 2.89. The fraction of sp³-hybridized carbons (Fsp3) is 0.385. The van der Waals surface area contributed by atoms with Crippen molar-refractivity contribution in [2.75, 3.05) is 5.32 Å². The molecule has 90 valence electrons. The average Bonchev–Trinajstić information content (AvgIpc) is 2.29. The molecule has 1 unspecified atom stereocenters. The van der Waals surface area contributed by atoms with Crippen molar-refractivity contribution in [3.8, 4) is 6.07 Å². The number of hydrogen-bond acceptors (Lipinski definition) is 3. The molecule has 0 saturated carbocycles. The fourth-order valence-electron chi connectivity index (χ4n) is 1.35. The molecule has 17 heavy (non-hydrogen) atoms. The van der Waals surface area contributed by atoms with E-state index in [1.54, 1.807) is 19.1 Å². The molecule has 0 heterocycles. The Bertz CT molecular complexity index is 472. The summed E-state index contributed by atoms with van der Waals surface area (Å²) < 4.78 is 0. The van der Waals surface area contributed by atoms with Gasteiger partial charge in [0.1, 0.15) is 6.07 Å².